The lowest BCUT2D eigenvalue weighted by molar-refractivity contribution is -0.869. The van der Waals surface area contributed by atoms with Crippen LogP contribution in [0.25, 0.3) is 5.57 Å². The molecule has 0 aromatic carbocycles. The monoisotopic (exact) mass is 446 g/mol. The third-order valence-corrected chi connectivity index (χ3v) is 5.50. The molecule has 2 rings (SSSR count). The minimum absolute atomic E-state index is 0. The predicted octanol–water partition coefficient (Wildman–Crippen LogP) is -1.41. The van der Waals surface area contributed by atoms with Crippen molar-refractivity contribution in [1.29, 1.82) is 0 Å². The first kappa shape index (κ1) is 25.5. The van der Waals surface area contributed by atoms with Crippen molar-refractivity contribution in [3.63, 3.8) is 0 Å². The van der Waals surface area contributed by atoms with Gasteiger partial charge in [-0.25, -0.2) is 0 Å². The fraction of sp³-hybridized carbons (Fsp3) is 0.357. The largest absolute Gasteiger partial charge is 1.00 e. The Morgan fingerprint density at radius 3 is 1.88 bits per heavy atom. The Bertz CT molecular complexity index is 706. The maximum absolute atomic E-state index is 11.2. The summed E-state index contributed by atoms with van der Waals surface area (Å²) in [6.07, 6.45) is 8.16. The molecule has 8 nitrogen and oxygen atoms in total. The molecule has 1 aliphatic heterocycles. The van der Waals surface area contributed by atoms with Gasteiger partial charge in [-0.2, -0.15) is 0 Å². The number of hydrogen-bond acceptors (Lipinski definition) is 3. The summed E-state index contributed by atoms with van der Waals surface area (Å²) in [7, 11) is -8.37. The summed E-state index contributed by atoms with van der Waals surface area (Å²) < 4.78 is 22.5. The highest BCUT2D eigenvalue weighted by Crippen LogP contribution is 2.38. The summed E-state index contributed by atoms with van der Waals surface area (Å²) in [6, 6.07) is 3.70. The smallest absolute Gasteiger partial charge is 0.331 e. The molecule has 0 fully saturated rings. The van der Waals surface area contributed by atoms with E-state index in [1.165, 1.54) is 0 Å². The zero-order valence-corrected chi connectivity index (χ0v) is 17.1. The van der Waals surface area contributed by atoms with E-state index in [0.717, 1.165) is 11.1 Å². The molecule has 0 atom stereocenters. The van der Waals surface area contributed by atoms with E-state index in [9.17, 15) is 9.13 Å². The molecule has 1 aliphatic rings. The Morgan fingerprint density at radius 2 is 1.50 bits per heavy atom. The maximum Gasteiger partial charge on any atom is 0.331 e. The molecule has 0 bridgehead atoms. The number of rotatable bonds is 7. The number of quaternary nitrogens is 1. The zero-order valence-electron chi connectivity index (χ0n) is 13.8. The Kier molecular flexibility index (Phi) is 9.93. The second-order valence-corrected chi connectivity index (χ2v) is 9.39. The van der Waals surface area contributed by atoms with Crippen molar-refractivity contribution in [2.75, 3.05) is 32.0 Å². The van der Waals surface area contributed by atoms with Crippen LogP contribution in [0.3, 0.4) is 0 Å². The topological polar surface area (TPSA) is 128 Å². The quantitative estimate of drug-likeness (QED) is 0.299. The zero-order chi connectivity index (χ0) is 17.8. The Balaban J connectivity index is 0.00000312. The maximum atomic E-state index is 11.2. The van der Waals surface area contributed by atoms with E-state index in [-0.39, 0.29) is 54.7 Å². The van der Waals surface area contributed by atoms with E-state index in [2.05, 4.69) is 4.98 Å². The molecule has 26 heavy (non-hydrogen) atoms. The van der Waals surface area contributed by atoms with Crippen LogP contribution >= 0.6 is 27.6 Å². The van der Waals surface area contributed by atoms with Crippen LogP contribution < -0.4 is 12.4 Å². The number of nitrogens with zero attached hydrogens (tertiary/aromatic N) is 2. The summed E-state index contributed by atoms with van der Waals surface area (Å²) in [5, 5.41) is 0. The van der Waals surface area contributed by atoms with E-state index in [1.807, 2.05) is 24.3 Å². The lowest BCUT2D eigenvalue weighted by atomic mass is 10.0. The molecule has 4 N–H and O–H groups in total. The van der Waals surface area contributed by atoms with E-state index in [4.69, 9.17) is 19.6 Å². The summed E-state index contributed by atoms with van der Waals surface area (Å²) in [5.41, 5.74) is 1.91. The van der Waals surface area contributed by atoms with Gasteiger partial charge < -0.3 is 32.0 Å². The lowest BCUT2D eigenvalue weighted by Gasteiger charge is -2.36. The Morgan fingerprint density at radius 1 is 1.00 bits per heavy atom. The van der Waals surface area contributed by atoms with Crippen LogP contribution in [-0.4, -0.2) is 61.0 Å². The molecular weight excluding hydrogens is 425 g/mol. The van der Waals surface area contributed by atoms with Gasteiger partial charge in [0.1, 0.15) is 6.54 Å². The van der Waals surface area contributed by atoms with Crippen molar-refractivity contribution in [3.05, 3.63) is 48.4 Å². The van der Waals surface area contributed by atoms with Gasteiger partial charge in [-0.15, -0.1) is 12.4 Å². The number of aromatic nitrogens is 1. The van der Waals surface area contributed by atoms with Crippen LogP contribution in [-0.2, 0) is 9.13 Å². The second-order valence-electron chi connectivity index (χ2n) is 5.84. The predicted molar refractivity (Wildman–Crippen MR) is 97.3 cm³/mol. The third-order valence-electron chi connectivity index (χ3n) is 3.93. The second kappa shape index (κ2) is 10.1. The van der Waals surface area contributed by atoms with E-state index in [0.29, 0.717) is 6.54 Å². The number of halogens is 2. The Hall–Kier alpha value is -0.530. The molecule has 0 saturated heterocycles. The van der Waals surface area contributed by atoms with Gasteiger partial charge in [0.15, 0.2) is 0 Å². The van der Waals surface area contributed by atoms with Gasteiger partial charge in [0.05, 0.1) is 31.6 Å². The van der Waals surface area contributed by atoms with Crippen molar-refractivity contribution in [2.24, 2.45) is 0 Å². The van der Waals surface area contributed by atoms with Gasteiger partial charge in [0.2, 0.25) is 0 Å². The first-order valence-electron chi connectivity index (χ1n) is 7.33. The van der Waals surface area contributed by atoms with Crippen molar-refractivity contribution >= 4 is 33.2 Å². The highest BCUT2D eigenvalue weighted by molar-refractivity contribution is 7.52. The lowest BCUT2D eigenvalue weighted by Crippen LogP contribution is -3.00. The first-order chi connectivity index (χ1) is 11.1. The molecule has 0 radical (unpaired) electrons. The minimum Gasteiger partial charge on any atom is -1.00 e. The fourth-order valence-electron chi connectivity index (χ4n) is 2.51. The van der Waals surface area contributed by atoms with Crippen LogP contribution in [0.5, 0.6) is 0 Å². The molecule has 2 heterocycles. The molecule has 12 heteroatoms. The van der Waals surface area contributed by atoms with Gasteiger partial charge >= 0.3 is 15.2 Å². The molecule has 0 spiro atoms. The molecule has 0 aliphatic carbocycles. The fourth-order valence-corrected chi connectivity index (χ4v) is 3.83. The van der Waals surface area contributed by atoms with E-state index < -0.39 is 15.2 Å². The molecule has 1 aromatic rings. The SMILES string of the molecule is Cl.O=P(O)(O)CC[N+]1(CCP(=O)(O)O)C=CC(c2ccncc2)=CC1.[Cl-]. The van der Waals surface area contributed by atoms with Crippen molar-refractivity contribution < 1.29 is 45.6 Å². The van der Waals surface area contributed by atoms with Gasteiger partial charge in [-0.3, -0.25) is 18.6 Å². The highest BCUT2D eigenvalue weighted by atomic mass is 35.5. The van der Waals surface area contributed by atoms with Crippen LogP contribution in [0.4, 0.5) is 0 Å². The first-order valence-corrected chi connectivity index (χ1v) is 10.9. The molecule has 0 unspecified atom stereocenters. The average Bonchev–Trinajstić information content (AvgIpc) is 2.51. The van der Waals surface area contributed by atoms with E-state index >= 15 is 0 Å². The molecule has 0 amide bonds. The summed E-state index contributed by atoms with van der Waals surface area (Å²) in [5.74, 6) is 0. The normalized spacial score (nSPS) is 16.2. The number of allylic oxidation sites excluding steroid dienone is 2. The van der Waals surface area contributed by atoms with Crippen molar-refractivity contribution in [2.45, 2.75) is 0 Å². The van der Waals surface area contributed by atoms with Gasteiger partial charge in [-0.1, -0.05) is 0 Å². The highest BCUT2D eigenvalue weighted by Gasteiger charge is 2.32. The summed E-state index contributed by atoms with van der Waals surface area (Å²) in [4.78, 5) is 40.4. The van der Waals surface area contributed by atoms with Gasteiger partial charge in [0.25, 0.3) is 0 Å². The molecule has 0 saturated carbocycles. The third kappa shape index (κ3) is 8.44. The Labute approximate surface area is 164 Å². The van der Waals surface area contributed by atoms with E-state index in [1.54, 1.807) is 18.6 Å². The van der Waals surface area contributed by atoms with Crippen molar-refractivity contribution in [3.8, 4) is 0 Å². The average molecular weight is 447 g/mol. The summed E-state index contributed by atoms with van der Waals surface area (Å²) >= 11 is 0. The van der Waals surface area contributed by atoms with Crippen LogP contribution in [0.15, 0.2) is 42.9 Å². The number of hydrogen-bond donors (Lipinski definition) is 4. The standard InChI is InChI=1S/C14H20N2O6P2.2ClH/c17-23(18,19)11-9-16(10-12-24(20,21)22)7-3-14(4-8-16)13-1-5-15-6-2-13;;/h1-7H,8-12H2,(H3-,17,18,19,20,21,22);2*1H. The molecular formula is C14H22Cl2N2O6P2. The number of pyridine rings is 1. The summed E-state index contributed by atoms with van der Waals surface area (Å²) in [6.45, 7) is 0.635. The van der Waals surface area contributed by atoms with Gasteiger partial charge in [-0.05, 0) is 35.4 Å². The molecule has 148 valence electrons. The van der Waals surface area contributed by atoms with Crippen molar-refractivity contribution in [1.82, 2.24) is 4.98 Å². The van der Waals surface area contributed by atoms with Crippen LogP contribution in [0, 0.1) is 0 Å². The van der Waals surface area contributed by atoms with Crippen LogP contribution in [0.2, 0.25) is 0 Å². The molecule has 1 aromatic heterocycles. The van der Waals surface area contributed by atoms with Gasteiger partial charge in [0, 0.05) is 12.4 Å². The van der Waals surface area contributed by atoms with Crippen LogP contribution in [0.1, 0.15) is 5.56 Å². The minimum atomic E-state index is -4.19.